The third-order valence-corrected chi connectivity index (χ3v) is 4.54. The second kappa shape index (κ2) is 8.39. The van der Waals surface area contributed by atoms with Gasteiger partial charge in [0, 0.05) is 18.0 Å². The molecule has 0 aliphatic carbocycles. The highest BCUT2D eigenvalue weighted by Gasteiger charge is 2.23. The van der Waals surface area contributed by atoms with Crippen LogP contribution >= 0.6 is 0 Å². The van der Waals surface area contributed by atoms with E-state index in [0.717, 1.165) is 10.9 Å². The first-order valence-electron chi connectivity index (χ1n) is 9.23. The van der Waals surface area contributed by atoms with Crippen molar-refractivity contribution in [3.05, 3.63) is 96.6 Å². The van der Waals surface area contributed by atoms with Crippen molar-refractivity contribution in [2.45, 2.75) is 12.5 Å². The first-order chi connectivity index (χ1) is 14.2. The van der Waals surface area contributed by atoms with Crippen molar-refractivity contribution in [1.29, 1.82) is 0 Å². The zero-order valence-corrected chi connectivity index (χ0v) is 15.5. The van der Waals surface area contributed by atoms with Crippen molar-refractivity contribution in [2.24, 2.45) is 0 Å². The number of carbonyl (C=O) groups excluding carboxylic acids is 2. The molecule has 0 radical (unpaired) electrons. The lowest BCUT2D eigenvalue weighted by molar-refractivity contribution is -0.118. The lowest BCUT2D eigenvalue weighted by Crippen LogP contribution is -2.45. The maximum atomic E-state index is 13.1. The molecule has 0 saturated heterocycles. The molecule has 0 bridgehead atoms. The molecule has 29 heavy (non-hydrogen) atoms. The molecule has 2 amide bonds. The Morgan fingerprint density at radius 1 is 0.931 bits per heavy atom. The van der Waals surface area contributed by atoms with Gasteiger partial charge in [-0.1, -0.05) is 48.5 Å². The van der Waals surface area contributed by atoms with E-state index >= 15 is 0 Å². The van der Waals surface area contributed by atoms with E-state index < -0.39 is 11.9 Å². The van der Waals surface area contributed by atoms with Gasteiger partial charge in [0.15, 0.2) is 5.76 Å². The summed E-state index contributed by atoms with van der Waals surface area (Å²) in [7, 11) is 0. The molecule has 0 saturated carbocycles. The molecular weight excluding hydrogens is 366 g/mol. The van der Waals surface area contributed by atoms with Crippen LogP contribution in [0.25, 0.3) is 10.9 Å². The second-order valence-electron chi connectivity index (χ2n) is 6.56. The molecule has 2 aromatic heterocycles. The number of carbonyl (C=O) groups is 2. The fourth-order valence-corrected chi connectivity index (χ4v) is 3.12. The lowest BCUT2D eigenvalue weighted by atomic mass is 10.0. The molecule has 4 rings (SSSR count). The smallest absolute Gasteiger partial charge is 0.287 e. The molecule has 0 spiro atoms. The molecule has 1 atom stereocenters. The Morgan fingerprint density at radius 2 is 1.76 bits per heavy atom. The van der Waals surface area contributed by atoms with Crippen LogP contribution < -0.4 is 10.6 Å². The van der Waals surface area contributed by atoms with E-state index in [1.54, 1.807) is 24.4 Å². The van der Waals surface area contributed by atoms with E-state index in [9.17, 15) is 9.59 Å². The highest BCUT2D eigenvalue weighted by Crippen LogP contribution is 2.21. The highest BCUT2D eigenvalue weighted by molar-refractivity contribution is 6.04. The van der Waals surface area contributed by atoms with Gasteiger partial charge in [0.1, 0.15) is 6.04 Å². The maximum absolute atomic E-state index is 13.1. The minimum atomic E-state index is -0.783. The Labute approximate surface area is 167 Å². The van der Waals surface area contributed by atoms with E-state index in [4.69, 9.17) is 4.42 Å². The summed E-state index contributed by atoms with van der Waals surface area (Å²) in [6.07, 6.45) is 3.44. The van der Waals surface area contributed by atoms with Crippen LogP contribution in [0.2, 0.25) is 0 Å². The number of hydrogen-bond acceptors (Lipinski definition) is 4. The summed E-state index contributed by atoms with van der Waals surface area (Å²) in [5.74, 6) is -0.614. The van der Waals surface area contributed by atoms with Crippen LogP contribution in [-0.4, -0.2) is 22.8 Å². The fourth-order valence-electron chi connectivity index (χ4n) is 3.12. The molecule has 0 aliphatic rings. The Morgan fingerprint density at radius 3 is 2.55 bits per heavy atom. The Kier molecular flexibility index (Phi) is 5.33. The molecule has 0 unspecified atom stereocenters. The van der Waals surface area contributed by atoms with Gasteiger partial charge in [-0.2, -0.15) is 0 Å². The number of amides is 2. The number of nitrogens with one attached hydrogen (secondary N) is 2. The van der Waals surface area contributed by atoms with Crippen molar-refractivity contribution in [2.75, 3.05) is 5.32 Å². The van der Waals surface area contributed by atoms with Gasteiger partial charge >= 0.3 is 0 Å². The lowest BCUT2D eigenvalue weighted by Gasteiger charge is -2.18. The van der Waals surface area contributed by atoms with Crippen LogP contribution in [-0.2, 0) is 11.2 Å². The Bertz CT molecular complexity index is 1120. The van der Waals surface area contributed by atoms with Crippen molar-refractivity contribution < 1.29 is 14.0 Å². The molecule has 6 nitrogen and oxygen atoms in total. The monoisotopic (exact) mass is 385 g/mol. The van der Waals surface area contributed by atoms with Crippen LogP contribution in [0.3, 0.4) is 0 Å². The third-order valence-electron chi connectivity index (χ3n) is 4.54. The topological polar surface area (TPSA) is 84.2 Å². The summed E-state index contributed by atoms with van der Waals surface area (Å²) < 4.78 is 5.15. The number of pyridine rings is 1. The van der Waals surface area contributed by atoms with Crippen LogP contribution in [0, 0.1) is 0 Å². The first kappa shape index (κ1) is 18.4. The molecular formula is C23H19N3O3. The number of nitrogens with zero attached hydrogens (tertiary/aromatic N) is 1. The van der Waals surface area contributed by atoms with Crippen LogP contribution in [0.15, 0.2) is 89.7 Å². The zero-order chi connectivity index (χ0) is 20.1. The van der Waals surface area contributed by atoms with Gasteiger partial charge in [-0.25, -0.2) is 0 Å². The van der Waals surface area contributed by atoms with Gasteiger partial charge in [-0.05, 0) is 29.8 Å². The van der Waals surface area contributed by atoms with Gasteiger partial charge in [0.25, 0.3) is 5.91 Å². The third kappa shape index (κ3) is 4.32. The Hall–Kier alpha value is -3.93. The molecule has 0 aliphatic heterocycles. The number of rotatable bonds is 6. The summed E-state index contributed by atoms with van der Waals surface area (Å²) in [5.41, 5.74) is 2.22. The second-order valence-corrected chi connectivity index (χ2v) is 6.56. The molecule has 144 valence electrons. The standard InChI is InChI=1S/C23H19N3O3/c27-22(25-18-11-4-9-17-10-5-13-24-21(17)18)19(15-16-7-2-1-3-8-16)26-23(28)20-12-6-14-29-20/h1-14,19H,15H2,(H,25,27)(H,26,28)/t19-/m1/s1. The summed E-state index contributed by atoms with van der Waals surface area (Å²) in [5, 5.41) is 6.60. The van der Waals surface area contributed by atoms with Crippen LogP contribution in [0.1, 0.15) is 16.1 Å². The number of anilines is 1. The number of hydrogen-bond donors (Lipinski definition) is 2. The molecule has 0 fully saturated rings. The number of benzene rings is 2. The van der Waals surface area contributed by atoms with E-state index in [1.165, 1.54) is 6.26 Å². The van der Waals surface area contributed by atoms with Gasteiger partial charge in [-0.15, -0.1) is 0 Å². The number of fused-ring (bicyclic) bond motifs is 1. The average molecular weight is 385 g/mol. The number of aromatic nitrogens is 1. The first-order valence-corrected chi connectivity index (χ1v) is 9.23. The summed E-state index contributed by atoms with van der Waals surface area (Å²) in [6, 6.07) is 21.3. The number of para-hydroxylation sites is 1. The van der Waals surface area contributed by atoms with Crippen molar-refractivity contribution >= 4 is 28.4 Å². The minimum absolute atomic E-state index is 0.155. The van der Waals surface area contributed by atoms with E-state index in [0.29, 0.717) is 17.6 Å². The summed E-state index contributed by atoms with van der Waals surface area (Å²) in [4.78, 5) is 29.9. The minimum Gasteiger partial charge on any atom is -0.459 e. The SMILES string of the molecule is O=C(N[C@H](Cc1ccccc1)C(=O)Nc1cccc2cccnc12)c1ccco1. The van der Waals surface area contributed by atoms with E-state index in [-0.39, 0.29) is 11.7 Å². The number of furan rings is 1. The summed E-state index contributed by atoms with van der Waals surface area (Å²) in [6.45, 7) is 0. The van der Waals surface area contributed by atoms with Crippen LogP contribution in [0.5, 0.6) is 0 Å². The van der Waals surface area contributed by atoms with Gasteiger partial charge < -0.3 is 15.1 Å². The van der Waals surface area contributed by atoms with Crippen molar-refractivity contribution in [1.82, 2.24) is 10.3 Å². The van der Waals surface area contributed by atoms with E-state index in [1.807, 2.05) is 54.6 Å². The molecule has 2 N–H and O–H groups in total. The average Bonchev–Trinajstić information content (AvgIpc) is 3.29. The predicted molar refractivity (Wildman–Crippen MR) is 110 cm³/mol. The largest absolute Gasteiger partial charge is 0.459 e. The fraction of sp³-hybridized carbons (Fsp3) is 0.0870. The normalized spacial score (nSPS) is 11.7. The van der Waals surface area contributed by atoms with Crippen LogP contribution in [0.4, 0.5) is 5.69 Å². The highest BCUT2D eigenvalue weighted by atomic mass is 16.3. The molecule has 2 aromatic carbocycles. The van der Waals surface area contributed by atoms with Crippen molar-refractivity contribution in [3.8, 4) is 0 Å². The van der Waals surface area contributed by atoms with Gasteiger partial charge in [-0.3, -0.25) is 14.6 Å². The van der Waals surface area contributed by atoms with E-state index in [2.05, 4.69) is 15.6 Å². The Balaban J connectivity index is 1.58. The predicted octanol–water partition coefficient (Wildman–Crippen LogP) is 3.81. The maximum Gasteiger partial charge on any atom is 0.287 e. The zero-order valence-electron chi connectivity index (χ0n) is 15.5. The molecule has 4 aromatic rings. The van der Waals surface area contributed by atoms with Gasteiger partial charge in [0.2, 0.25) is 5.91 Å². The molecule has 6 heteroatoms. The quantitative estimate of drug-likeness (QED) is 0.529. The van der Waals surface area contributed by atoms with Crippen molar-refractivity contribution in [3.63, 3.8) is 0 Å². The van der Waals surface area contributed by atoms with Gasteiger partial charge in [0.05, 0.1) is 17.5 Å². The summed E-state index contributed by atoms with van der Waals surface area (Å²) >= 11 is 0. The molecule has 2 heterocycles.